The summed E-state index contributed by atoms with van der Waals surface area (Å²) < 4.78 is 5.85. The molecule has 3 fully saturated rings. The van der Waals surface area contributed by atoms with Gasteiger partial charge in [-0.25, -0.2) is 0 Å². The third-order valence-electron chi connectivity index (χ3n) is 9.23. The standard InChI is InChI=1S/C25H34O4/c1-14-11-19-20(23(5)9-7-18(28)13-21(14)23)8-10-24(6)22(19)12-15(2)25(24,16(3)26)29-17(4)27/h13-14,19-20,22H,2,7-12H2,1,3-6H3/t14?,19-,20+,22+,23-,24+,25+/m1/s1. The average molecular weight is 399 g/mol. The second kappa shape index (κ2) is 6.39. The SMILES string of the molecule is C=C1C[C@H]2[C@@H]3CC(C)C4=CC(=O)CC[C@]4(C)[C@H]3CC[C@]2(C)[C@@]1(OC(C)=O)C(C)=O. The Morgan fingerprint density at radius 3 is 2.48 bits per heavy atom. The molecule has 0 N–H and O–H groups in total. The van der Waals surface area contributed by atoms with Crippen LogP contribution in [-0.2, 0) is 19.1 Å². The maximum absolute atomic E-state index is 12.9. The summed E-state index contributed by atoms with van der Waals surface area (Å²) >= 11 is 0. The molecular formula is C25H34O4. The fourth-order valence-electron chi connectivity index (χ4n) is 8.06. The monoisotopic (exact) mass is 398 g/mol. The molecule has 158 valence electrons. The molecule has 29 heavy (non-hydrogen) atoms. The van der Waals surface area contributed by atoms with Gasteiger partial charge in [-0.15, -0.1) is 0 Å². The Morgan fingerprint density at radius 2 is 1.86 bits per heavy atom. The Balaban J connectivity index is 1.78. The van der Waals surface area contributed by atoms with Gasteiger partial charge in [-0.1, -0.05) is 32.9 Å². The van der Waals surface area contributed by atoms with Gasteiger partial charge in [0.2, 0.25) is 0 Å². The van der Waals surface area contributed by atoms with Crippen molar-refractivity contribution in [3.05, 3.63) is 23.8 Å². The number of allylic oxidation sites excluding steroid dienone is 1. The predicted octanol–water partition coefficient (Wildman–Crippen LogP) is 4.82. The van der Waals surface area contributed by atoms with Crippen molar-refractivity contribution >= 4 is 17.5 Å². The normalized spacial score (nSPS) is 46.3. The van der Waals surface area contributed by atoms with E-state index in [1.54, 1.807) is 6.92 Å². The van der Waals surface area contributed by atoms with Crippen LogP contribution in [0.3, 0.4) is 0 Å². The van der Waals surface area contributed by atoms with Gasteiger partial charge in [0, 0.05) is 18.8 Å². The lowest BCUT2D eigenvalue weighted by molar-refractivity contribution is -0.182. The highest BCUT2D eigenvalue weighted by Gasteiger charge is 2.69. The van der Waals surface area contributed by atoms with E-state index in [-0.39, 0.29) is 22.9 Å². The van der Waals surface area contributed by atoms with Crippen LogP contribution < -0.4 is 0 Å². The third kappa shape index (κ3) is 2.53. The van der Waals surface area contributed by atoms with E-state index in [0.717, 1.165) is 37.7 Å². The Hall–Kier alpha value is -1.71. The Kier molecular flexibility index (Phi) is 4.53. The first-order chi connectivity index (χ1) is 13.5. The number of ether oxygens (including phenoxy) is 1. The summed E-state index contributed by atoms with van der Waals surface area (Å²) in [7, 11) is 0. The van der Waals surface area contributed by atoms with Crippen molar-refractivity contribution in [3.8, 4) is 0 Å². The van der Waals surface area contributed by atoms with Gasteiger partial charge in [0.15, 0.2) is 17.2 Å². The summed E-state index contributed by atoms with van der Waals surface area (Å²) in [5.74, 6) is 1.35. The van der Waals surface area contributed by atoms with Gasteiger partial charge in [0.05, 0.1) is 0 Å². The summed E-state index contributed by atoms with van der Waals surface area (Å²) in [5, 5.41) is 0. The number of carbonyl (C=O) groups excluding carboxylic acids is 3. The minimum atomic E-state index is -1.20. The van der Waals surface area contributed by atoms with Gasteiger partial charge in [-0.2, -0.15) is 0 Å². The van der Waals surface area contributed by atoms with Crippen LogP contribution in [-0.4, -0.2) is 23.1 Å². The van der Waals surface area contributed by atoms with Gasteiger partial charge in [-0.3, -0.25) is 14.4 Å². The summed E-state index contributed by atoms with van der Waals surface area (Å²) in [6.45, 7) is 14.0. The maximum atomic E-state index is 12.9. The summed E-state index contributed by atoms with van der Waals surface area (Å²) in [6.07, 6.45) is 7.10. The zero-order valence-corrected chi connectivity index (χ0v) is 18.5. The van der Waals surface area contributed by atoms with E-state index < -0.39 is 17.0 Å². The van der Waals surface area contributed by atoms with Crippen LogP contribution in [0, 0.1) is 34.5 Å². The smallest absolute Gasteiger partial charge is 0.303 e. The fourth-order valence-corrected chi connectivity index (χ4v) is 8.06. The number of hydrogen-bond acceptors (Lipinski definition) is 4. The average Bonchev–Trinajstić information content (AvgIpc) is 2.85. The van der Waals surface area contributed by atoms with Gasteiger partial charge in [-0.05, 0) is 79.8 Å². The number of fused-ring (bicyclic) bond motifs is 5. The molecule has 0 heterocycles. The lowest BCUT2D eigenvalue weighted by Gasteiger charge is -2.60. The van der Waals surface area contributed by atoms with Crippen molar-refractivity contribution in [2.45, 2.75) is 78.7 Å². The van der Waals surface area contributed by atoms with Crippen LogP contribution in [0.5, 0.6) is 0 Å². The van der Waals surface area contributed by atoms with Crippen LogP contribution in [0.4, 0.5) is 0 Å². The highest BCUT2D eigenvalue weighted by Crippen LogP contribution is 2.70. The van der Waals surface area contributed by atoms with Gasteiger partial charge < -0.3 is 4.74 Å². The van der Waals surface area contributed by atoms with E-state index in [1.807, 2.05) is 6.08 Å². The van der Waals surface area contributed by atoms with Crippen LogP contribution >= 0.6 is 0 Å². The molecule has 0 aromatic heterocycles. The molecule has 1 unspecified atom stereocenters. The van der Waals surface area contributed by atoms with Gasteiger partial charge >= 0.3 is 5.97 Å². The van der Waals surface area contributed by atoms with E-state index in [1.165, 1.54) is 12.5 Å². The first-order valence-corrected chi connectivity index (χ1v) is 11.1. The van der Waals surface area contributed by atoms with E-state index in [9.17, 15) is 14.4 Å². The van der Waals surface area contributed by atoms with Gasteiger partial charge in [0.1, 0.15) is 0 Å². The van der Waals surface area contributed by atoms with E-state index >= 15 is 0 Å². The molecule has 7 atom stereocenters. The number of rotatable bonds is 2. The lowest BCUT2D eigenvalue weighted by Crippen LogP contribution is -2.59. The van der Waals surface area contributed by atoms with Crippen molar-refractivity contribution in [2.75, 3.05) is 0 Å². The van der Waals surface area contributed by atoms with Crippen molar-refractivity contribution in [2.24, 2.45) is 34.5 Å². The van der Waals surface area contributed by atoms with Crippen molar-refractivity contribution in [1.82, 2.24) is 0 Å². The maximum Gasteiger partial charge on any atom is 0.303 e. The predicted molar refractivity (Wildman–Crippen MR) is 111 cm³/mol. The van der Waals surface area contributed by atoms with Crippen LogP contribution in [0.25, 0.3) is 0 Å². The lowest BCUT2D eigenvalue weighted by atomic mass is 9.44. The molecule has 3 saturated carbocycles. The van der Waals surface area contributed by atoms with Crippen molar-refractivity contribution < 1.29 is 19.1 Å². The molecule has 0 saturated heterocycles. The topological polar surface area (TPSA) is 60.4 Å². The molecule has 0 amide bonds. The van der Waals surface area contributed by atoms with Crippen LogP contribution in [0.2, 0.25) is 0 Å². The summed E-state index contributed by atoms with van der Waals surface area (Å²) in [4.78, 5) is 37.1. The summed E-state index contributed by atoms with van der Waals surface area (Å²) in [5.41, 5.74) is 0.559. The first-order valence-electron chi connectivity index (χ1n) is 11.1. The van der Waals surface area contributed by atoms with Crippen molar-refractivity contribution in [1.29, 1.82) is 0 Å². The molecule has 0 radical (unpaired) electrons. The quantitative estimate of drug-likeness (QED) is 0.494. The molecule has 0 aromatic rings. The second-order valence-electron chi connectivity index (χ2n) is 10.6. The zero-order valence-electron chi connectivity index (χ0n) is 18.5. The molecule has 0 bridgehead atoms. The highest BCUT2D eigenvalue weighted by atomic mass is 16.6. The van der Waals surface area contributed by atoms with Gasteiger partial charge in [0.25, 0.3) is 0 Å². The zero-order chi connectivity index (χ0) is 21.4. The Labute approximate surface area is 174 Å². The number of carbonyl (C=O) groups is 3. The van der Waals surface area contributed by atoms with E-state index in [0.29, 0.717) is 24.2 Å². The van der Waals surface area contributed by atoms with E-state index in [4.69, 9.17) is 4.74 Å². The third-order valence-corrected chi connectivity index (χ3v) is 9.23. The number of esters is 1. The molecule has 4 heteroatoms. The number of hydrogen-bond donors (Lipinski definition) is 0. The minimum Gasteiger partial charge on any atom is -0.446 e. The first kappa shape index (κ1) is 20.6. The molecule has 0 aromatic carbocycles. The molecule has 4 rings (SSSR count). The molecule has 0 aliphatic heterocycles. The fraction of sp³-hybridized carbons (Fsp3) is 0.720. The molecule has 4 nitrogen and oxygen atoms in total. The molecule has 0 spiro atoms. The minimum absolute atomic E-state index is 0.0574. The van der Waals surface area contributed by atoms with Crippen LogP contribution in [0.15, 0.2) is 23.8 Å². The second-order valence-corrected chi connectivity index (χ2v) is 10.6. The number of ketones is 2. The van der Waals surface area contributed by atoms with E-state index in [2.05, 4.69) is 27.4 Å². The largest absolute Gasteiger partial charge is 0.446 e. The molecule has 4 aliphatic carbocycles. The Morgan fingerprint density at radius 1 is 1.17 bits per heavy atom. The highest BCUT2D eigenvalue weighted by molar-refractivity contribution is 5.93. The molecule has 4 aliphatic rings. The number of Topliss-reactive ketones (excluding diaryl/α,β-unsaturated/α-hetero) is 1. The van der Waals surface area contributed by atoms with Crippen LogP contribution in [0.1, 0.15) is 73.1 Å². The summed E-state index contributed by atoms with van der Waals surface area (Å²) in [6, 6.07) is 0. The van der Waals surface area contributed by atoms with Crippen molar-refractivity contribution in [3.63, 3.8) is 0 Å². The molecular weight excluding hydrogens is 364 g/mol. The Bertz CT molecular complexity index is 838.